The highest BCUT2D eigenvalue weighted by atomic mass is 79.9. The van der Waals surface area contributed by atoms with Crippen molar-refractivity contribution in [3.05, 3.63) is 69.9 Å². The molecule has 2 nitrogen and oxygen atoms in total. The highest BCUT2D eigenvalue weighted by Gasteiger charge is 2.19. The Hall–Kier alpha value is -1.23. The van der Waals surface area contributed by atoms with Crippen LogP contribution < -0.4 is 5.73 Å². The molecule has 2 rings (SSSR count). The third-order valence-corrected chi connectivity index (χ3v) is 4.27. The molecule has 0 aromatic heterocycles. The number of benzene rings is 2. The zero-order chi connectivity index (χ0) is 15.2. The van der Waals surface area contributed by atoms with E-state index in [4.69, 9.17) is 5.73 Å². The number of nitrogens with zero attached hydrogens (tertiary/aromatic N) is 1. The molecular weight excluding hydrogens is 331 g/mol. The minimum atomic E-state index is -0.248. The fraction of sp³-hybridized carbons (Fsp3) is 0.294. The predicted octanol–water partition coefficient (Wildman–Crippen LogP) is 4.11. The van der Waals surface area contributed by atoms with Crippen LogP contribution in [0.15, 0.2) is 53.0 Å². The van der Waals surface area contributed by atoms with Gasteiger partial charge in [0, 0.05) is 19.1 Å². The van der Waals surface area contributed by atoms with Gasteiger partial charge in [-0.1, -0.05) is 43.3 Å². The molecule has 0 fully saturated rings. The highest BCUT2D eigenvalue weighted by Crippen LogP contribution is 2.25. The number of hydrogen-bond acceptors (Lipinski definition) is 2. The monoisotopic (exact) mass is 350 g/mol. The molecule has 1 atom stereocenters. The average Bonchev–Trinajstić information content (AvgIpc) is 2.51. The van der Waals surface area contributed by atoms with Crippen molar-refractivity contribution in [1.29, 1.82) is 0 Å². The quantitative estimate of drug-likeness (QED) is 0.849. The summed E-state index contributed by atoms with van der Waals surface area (Å²) >= 11 is 3.19. The molecule has 0 aliphatic heterocycles. The summed E-state index contributed by atoms with van der Waals surface area (Å²) in [4.78, 5) is 2.26. The van der Waals surface area contributed by atoms with Gasteiger partial charge in [0.25, 0.3) is 0 Å². The van der Waals surface area contributed by atoms with E-state index in [-0.39, 0.29) is 11.9 Å². The Morgan fingerprint density at radius 1 is 1.19 bits per heavy atom. The van der Waals surface area contributed by atoms with E-state index in [1.807, 2.05) is 24.3 Å². The molecule has 1 unspecified atom stereocenters. The van der Waals surface area contributed by atoms with Crippen LogP contribution in [0.5, 0.6) is 0 Å². The van der Waals surface area contributed by atoms with Gasteiger partial charge in [0.05, 0.1) is 4.47 Å². The Kier molecular flexibility index (Phi) is 5.91. The molecule has 112 valence electrons. The lowest BCUT2D eigenvalue weighted by molar-refractivity contribution is 0.203. The second-order valence-corrected chi connectivity index (χ2v) is 5.83. The first-order valence-electron chi connectivity index (χ1n) is 7.08. The lowest BCUT2D eigenvalue weighted by atomic mass is 10.0. The third kappa shape index (κ3) is 4.13. The van der Waals surface area contributed by atoms with Crippen LogP contribution in [0.1, 0.15) is 24.1 Å². The Bertz CT molecular complexity index is 574. The van der Waals surface area contributed by atoms with Gasteiger partial charge < -0.3 is 5.73 Å². The van der Waals surface area contributed by atoms with Crippen LogP contribution in [-0.2, 0) is 6.54 Å². The standard InChI is InChI=1S/C17H20BrFN2/c1-2-21(12-13-6-4-3-5-7-13)17(11-20)14-8-9-15(18)16(19)10-14/h3-10,17H,2,11-12,20H2,1H3. The van der Waals surface area contributed by atoms with Crippen molar-refractivity contribution in [3.8, 4) is 0 Å². The van der Waals surface area contributed by atoms with Gasteiger partial charge in [-0.15, -0.1) is 0 Å². The molecule has 2 aromatic carbocycles. The molecule has 0 aliphatic carbocycles. The lowest BCUT2D eigenvalue weighted by Crippen LogP contribution is -2.33. The van der Waals surface area contributed by atoms with Crippen molar-refractivity contribution >= 4 is 15.9 Å². The maximum absolute atomic E-state index is 13.8. The minimum Gasteiger partial charge on any atom is -0.329 e. The van der Waals surface area contributed by atoms with Crippen molar-refractivity contribution in [2.24, 2.45) is 5.73 Å². The van der Waals surface area contributed by atoms with Gasteiger partial charge in [-0.25, -0.2) is 4.39 Å². The fourth-order valence-electron chi connectivity index (χ4n) is 2.48. The molecule has 2 aromatic rings. The van der Waals surface area contributed by atoms with Crippen LogP contribution >= 0.6 is 15.9 Å². The molecule has 0 radical (unpaired) electrons. The summed E-state index contributed by atoms with van der Waals surface area (Å²) in [6, 6.07) is 15.5. The van der Waals surface area contributed by atoms with Gasteiger partial charge in [0.1, 0.15) is 5.82 Å². The van der Waals surface area contributed by atoms with E-state index in [1.165, 1.54) is 5.56 Å². The van der Waals surface area contributed by atoms with E-state index in [9.17, 15) is 4.39 Å². The first kappa shape index (κ1) is 16.1. The summed E-state index contributed by atoms with van der Waals surface area (Å²) in [6.45, 7) is 4.22. The van der Waals surface area contributed by atoms with Gasteiger partial charge in [-0.3, -0.25) is 4.90 Å². The maximum atomic E-state index is 13.8. The number of halogens is 2. The number of rotatable bonds is 6. The van der Waals surface area contributed by atoms with Gasteiger partial charge in [-0.05, 0) is 45.7 Å². The van der Waals surface area contributed by atoms with E-state index < -0.39 is 0 Å². The molecular formula is C17H20BrFN2. The zero-order valence-corrected chi connectivity index (χ0v) is 13.7. The highest BCUT2D eigenvalue weighted by molar-refractivity contribution is 9.10. The Morgan fingerprint density at radius 3 is 2.48 bits per heavy atom. The third-order valence-electron chi connectivity index (χ3n) is 3.63. The summed E-state index contributed by atoms with van der Waals surface area (Å²) in [6.07, 6.45) is 0. The molecule has 0 bridgehead atoms. The number of likely N-dealkylation sites (N-methyl/N-ethyl adjacent to an activating group) is 1. The molecule has 0 spiro atoms. The molecule has 2 N–H and O–H groups in total. The van der Waals surface area contributed by atoms with Crippen LogP contribution in [0.25, 0.3) is 0 Å². The van der Waals surface area contributed by atoms with E-state index in [0.29, 0.717) is 11.0 Å². The van der Waals surface area contributed by atoms with Crippen molar-refractivity contribution in [2.45, 2.75) is 19.5 Å². The van der Waals surface area contributed by atoms with Gasteiger partial charge in [0.15, 0.2) is 0 Å². The molecule has 0 amide bonds. The zero-order valence-electron chi connectivity index (χ0n) is 12.1. The molecule has 21 heavy (non-hydrogen) atoms. The van der Waals surface area contributed by atoms with Gasteiger partial charge in [0.2, 0.25) is 0 Å². The van der Waals surface area contributed by atoms with E-state index in [1.54, 1.807) is 12.1 Å². The first-order chi connectivity index (χ1) is 10.2. The summed E-state index contributed by atoms with van der Waals surface area (Å²) in [5, 5.41) is 0. The second-order valence-electron chi connectivity index (χ2n) is 4.97. The normalized spacial score (nSPS) is 12.6. The fourth-order valence-corrected chi connectivity index (χ4v) is 2.72. The number of nitrogens with two attached hydrogens (primary N) is 1. The molecule has 4 heteroatoms. The van der Waals surface area contributed by atoms with Crippen LogP contribution in [0.3, 0.4) is 0 Å². The second kappa shape index (κ2) is 7.69. The Labute approximate surface area is 133 Å². The predicted molar refractivity (Wildman–Crippen MR) is 88.4 cm³/mol. The average molecular weight is 351 g/mol. The maximum Gasteiger partial charge on any atom is 0.137 e. The van der Waals surface area contributed by atoms with E-state index in [2.05, 4.69) is 39.9 Å². The summed E-state index contributed by atoms with van der Waals surface area (Å²) in [5.74, 6) is -0.248. The Morgan fingerprint density at radius 2 is 1.90 bits per heavy atom. The summed E-state index contributed by atoms with van der Waals surface area (Å²) in [7, 11) is 0. The molecule has 0 saturated heterocycles. The van der Waals surface area contributed by atoms with E-state index >= 15 is 0 Å². The lowest BCUT2D eigenvalue weighted by Gasteiger charge is -2.30. The summed E-state index contributed by atoms with van der Waals surface area (Å²) in [5.41, 5.74) is 8.09. The number of hydrogen-bond donors (Lipinski definition) is 1. The van der Waals surface area contributed by atoms with Crippen molar-refractivity contribution in [1.82, 2.24) is 4.90 Å². The minimum absolute atomic E-state index is 0.0119. The Balaban J connectivity index is 2.22. The van der Waals surface area contributed by atoms with Gasteiger partial charge in [-0.2, -0.15) is 0 Å². The van der Waals surface area contributed by atoms with Crippen LogP contribution in [0.4, 0.5) is 4.39 Å². The van der Waals surface area contributed by atoms with Crippen molar-refractivity contribution in [2.75, 3.05) is 13.1 Å². The largest absolute Gasteiger partial charge is 0.329 e. The van der Waals surface area contributed by atoms with Crippen LogP contribution in [-0.4, -0.2) is 18.0 Å². The van der Waals surface area contributed by atoms with E-state index in [0.717, 1.165) is 18.7 Å². The SMILES string of the molecule is CCN(Cc1ccccc1)C(CN)c1ccc(Br)c(F)c1. The van der Waals surface area contributed by atoms with Crippen molar-refractivity contribution in [3.63, 3.8) is 0 Å². The smallest absolute Gasteiger partial charge is 0.137 e. The van der Waals surface area contributed by atoms with Gasteiger partial charge >= 0.3 is 0 Å². The first-order valence-corrected chi connectivity index (χ1v) is 7.88. The summed E-state index contributed by atoms with van der Waals surface area (Å²) < 4.78 is 14.2. The molecule has 0 saturated carbocycles. The van der Waals surface area contributed by atoms with Crippen LogP contribution in [0, 0.1) is 5.82 Å². The topological polar surface area (TPSA) is 29.3 Å². The van der Waals surface area contributed by atoms with Crippen LogP contribution in [0.2, 0.25) is 0 Å². The molecule has 0 aliphatic rings. The van der Waals surface area contributed by atoms with Crippen molar-refractivity contribution < 1.29 is 4.39 Å². The molecule has 0 heterocycles.